The molecule has 1 heterocycles. The van der Waals surface area contributed by atoms with E-state index in [0.717, 1.165) is 12.8 Å². The standard InChI is InChI=1S/C18H26N2O5/c1-13(21)20(15-4-5-16(23-2)17(12-15)24-3)9-8-19-18(22)14-6-10-25-11-7-14/h4-5,12,14H,6-11H2,1-3H3,(H,19,22). The first kappa shape index (κ1) is 19.1. The number of hydrogen-bond acceptors (Lipinski definition) is 5. The maximum Gasteiger partial charge on any atom is 0.223 e. The van der Waals surface area contributed by atoms with Crippen LogP contribution in [0.5, 0.6) is 11.5 Å². The summed E-state index contributed by atoms with van der Waals surface area (Å²) >= 11 is 0. The van der Waals surface area contributed by atoms with Crippen LogP contribution in [0.2, 0.25) is 0 Å². The average Bonchev–Trinajstić information content (AvgIpc) is 2.65. The van der Waals surface area contributed by atoms with E-state index in [1.807, 2.05) is 0 Å². The Morgan fingerprint density at radius 3 is 2.48 bits per heavy atom. The number of methoxy groups -OCH3 is 2. The summed E-state index contributed by atoms with van der Waals surface area (Å²) in [6, 6.07) is 5.30. The summed E-state index contributed by atoms with van der Waals surface area (Å²) in [5.74, 6) is 1.08. The molecule has 1 aliphatic rings. The molecule has 0 aromatic heterocycles. The van der Waals surface area contributed by atoms with Gasteiger partial charge in [-0.05, 0) is 25.0 Å². The number of ether oxygens (including phenoxy) is 3. The maximum atomic E-state index is 12.2. The van der Waals surface area contributed by atoms with E-state index in [4.69, 9.17) is 14.2 Å². The van der Waals surface area contributed by atoms with Gasteiger partial charge in [0.05, 0.1) is 14.2 Å². The fourth-order valence-electron chi connectivity index (χ4n) is 2.86. The van der Waals surface area contributed by atoms with Crippen molar-refractivity contribution < 1.29 is 23.8 Å². The summed E-state index contributed by atoms with van der Waals surface area (Å²) in [6.07, 6.45) is 1.50. The van der Waals surface area contributed by atoms with Crippen LogP contribution in [0.3, 0.4) is 0 Å². The number of nitrogens with one attached hydrogen (secondary N) is 1. The van der Waals surface area contributed by atoms with Crippen molar-refractivity contribution in [3.05, 3.63) is 18.2 Å². The van der Waals surface area contributed by atoms with Gasteiger partial charge in [-0.3, -0.25) is 9.59 Å². The zero-order valence-electron chi connectivity index (χ0n) is 15.0. The Morgan fingerprint density at radius 2 is 1.88 bits per heavy atom. The van der Waals surface area contributed by atoms with Crippen molar-refractivity contribution >= 4 is 17.5 Å². The molecular weight excluding hydrogens is 324 g/mol. The van der Waals surface area contributed by atoms with Gasteiger partial charge in [0.25, 0.3) is 0 Å². The van der Waals surface area contributed by atoms with Crippen molar-refractivity contribution in [3.63, 3.8) is 0 Å². The molecule has 7 heteroatoms. The maximum absolute atomic E-state index is 12.2. The second-order valence-electron chi connectivity index (χ2n) is 5.89. The fourth-order valence-corrected chi connectivity index (χ4v) is 2.86. The predicted octanol–water partition coefficient (Wildman–Crippen LogP) is 1.60. The third kappa shape index (κ3) is 5.09. The van der Waals surface area contributed by atoms with E-state index in [-0.39, 0.29) is 17.7 Å². The number of hydrogen-bond donors (Lipinski definition) is 1. The minimum Gasteiger partial charge on any atom is -0.493 e. The molecule has 7 nitrogen and oxygen atoms in total. The Bertz CT molecular complexity index is 599. The van der Waals surface area contributed by atoms with Crippen molar-refractivity contribution in [2.45, 2.75) is 19.8 Å². The van der Waals surface area contributed by atoms with Crippen molar-refractivity contribution in [1.82, 2.24) is 5.32 Å². The monoisotopic (exact) mass is 350 g/mol. The van der Waals surface area contributed by atoms with Crippen LogP contribution in [0, 0.1) is 5.92 Å². The van der Waals surface area contributed by atoms with Gasteiger partial charge in [0.1, 0.15) is 0 Å². The molecule has 25 heavy (non-hydrogen) atoms. The molecule has 1 aromatic carbocycles. The third-order valence-corrected chi connectivity index (χ3v) is 4.29. The summed E-state index contributed by atoms with van der Waals surface area (Å²) < 4.78 is 15.8. The molecular formula is C18H26N2O5. The SMILES string of the molecule is COc1ccc(N(CCNC(=O)C2CCOCC2)C(C)=O)cc1OC. The first-order valence-electron chi connectivity index (χ1n) is 8.42. The largest absolute Gasteiger partial charge is 0.493 e. The highest BCUT2D eigenvalue weighted by Gasteiger charge is 2.21. The average molecular weight is 350 g/mol. The van der Waals surface area contributed by atoms with E-state index >= 15 is 0 Å². The Morgan fingerprint density at radius 1 is 1.20 bits per heavy atom. The lowest BCUT2D eigenvalue weighted by atomic mass is 9.99. The molecule has 0 aliphatic carbocycles. The molecule has 1 aliphatic heterocycles. The Kier molecular flexibility index (Phi) is 7.06. The van der Waals surface area contributed by atoms with Crippen molar-refractivity contribution in [3.8, 4) is 11.5 Å². The molecule has 2 rings (SSSR count). The Balaban J connectivity index is 1.96. The van der Waals surface area contributed by atoms with Gasteiger partial charge < -0.3 is 24.4 Å². The van der Waals surface area contributed by atoms with Crippen LogP contribution in [0.25, 0.3) is 0 Å². The zero-order chi connectivity index (χ0) is 18.2. The smallest absolute Gasteiger partial charge is 0.223 e. The van der Waals surface area contributed by atoms with Crippen LogP contribution in [0.1, 0.15) is 19.8 Å². The van der Waals surface area contributed by atoms with Crippen LogP contribution >= 0.6 is 0 Å². The molecule has 1 saturated heterocycles. The summed E-state index contributed by atoms with van der Waals surface area (Å²) in [5.41, 5.74) is 0.700. The molecule has 138 valence electrons. The normalized spacial score (nSPS) is 14.7. The summed E-state index contributed by atoms with van der Waals surface area (Å²) in [4.78, 5) is 25.8. The van der Waals surface area contributed by atoms with Gasteiger partial charge in [0.2, 0.25) is 11.8 Å². The molecule has 0 atom stereocenters. The van der Waals surface area contributed by atoms with Crippen LogP contribution in [0.15, 0.2) is 18.2 Å². The molecule has 2 amide bonds. The molecule has 1 N–H and O–H groups in total. The van der Waals surface area contributed by atoms with E-state index in [9.17, 15) is 9.59 Å². The van der Waals surface area contributed by atoms with Crippen molar-refractivity contribution in [2.75, 3.05) is 45.4 Å². The van der Waals surface area contributed by atoms with E-state index in [2.05, 4.69) is 5.32 Å². The highest BCUT2D eigenvalue weighted by atomic mass is 16.5. The number of rotatable bonds is 7. The molecule has 1 aromatic rings. The van der Waals surface area contributed by atoms with Gasteiger partial charge >= 0.3 is 0 Å². The van der Waals surface area contributed by atoms with E-state index in [1.165, 1.54) is 6.92 Å². The third-order valence-electron chi connectivity index (χ3n) is 4.29. The van der Waals surface area contributed by atoms with E-state index < -0.39 is 0 Å². The molecule has 0 unspecified atom stereocenters. The van der Waals surface area contributed by atoms with Crippen molar-refractivity contribution in [2.24, 2.45) is 5.92 Å². The second-order valence-corrected chi connectivity index (χ2v) is 5.89. The first-order valence-corrected chi connectivity index (χ1v) is 8.42. The number of anilines is 1. The second kappa shape index (κ2) is 9.27. The number of carbonyl (C=O) groups is 2. The highest BCUT2D eigenvalue weighted by Crippen LogP contribution is 2.31. The quantitative estimate of drug-likeness (QED) is 0.808. The topological polar surface area (TPSA) is 77.1 Å². The Hall–Kier alpha value is -2.28. The Labute approximate surface area is 148 Å². The number of nitrogens with zero attached hydrogens (tertiary/aromatic N) is 1. The predicted molar refractivity (Wildman–Crippen MR) is 94.1 cm³/mol. The van der Waals surface area contributed by atoms with Crippen LogP contribution in [-0.4, -0.2) is 52.3 Å². The van der Waals surface area contributed by atoms with Crippen molar-refractivity contribution in [1.29, 1.82) is 0 Å². The number of carbonyl (C=O) groups excluding carboxylic acids is 2. The number of amides is 2. The summed E-state index contributed by atoms with van der Waals surface area (Å²) in [6.45, 7) is 3.54. The van der Waals surface area contributed by atoms with E-state index in [1.54, 1.807) is 37.3 Å². The molecule has 0 saturated carbocycles. The van der Waals surface area contributed by atoms with Gasteiger partial charge in [-0.2, -0.15) is 0 Å². The van der Waals surface area contributed by atoms with Gasteiger partial charge in [-0.15, -0.1) is 0 Å². The first-order chi connectivity index (χ1) is 12.1. The summed E-state index contributed by atoms with van der Waals surface area (Å²) in [7, 11) is 3.11. The van der Waals surface area contributed by atoms with Gasteiger partial charge in [0.15, 0.2) is 11.5 Å². The zero-order valence-corrected chi connectivity index (χ0v) is 15.0. The lowest BCUT2D eigenvalue weighted by molar-refractivity contribution is -0.127. The minimum atomic E-state index is -0.104. The molecule has 0 bridgehead atoms. The molecule has 0 radical (unpaired) electrons. The van der Waals surface area contributed by atoms with Crippen LogP contribution in [-0.2, 0) is 14.3 Å². The molecule has 0 spiro atoms. The van der Waals surface area contributed by atoms with Crippen LogP contribution < -0.4 is 19.7 Å². The van der Waals surface area contributed by atoms with Gasteiger partial charge in [0, 0.05) is 50.9 Å². The summed E-state index contributed by atoms with van der Waals surface area (Å²) in [5, 5.41) is 2.91. The molecule has 1 fully saturated rings. The van der Waals surface area contributed by atoms with E-state index in [0.29, 0.717) is 43.5 Å². The minimum absolute atomic E-state index is 0.000563. The lowest BCUT2D eigenvalue weighted by Crippen LogP contribution is -2.40. The van der Waals surface area contributed by atoms with Crippen LogP contribution in [0.4, 0.5) is 5.69 Å². The fraction of sp³-hybridized carbons (Fsp3) is 0.556. The number of benzene rings is 1. The van der Waals surface area contributed by atoms with Gasteiger partial charge in [-0.1, -0.05) is 0 Å². The lowest BCUT2D eigenvalue weighted by Gasteiger charge is -2.24. The highest BCUT2D eigenvalue weighted by molar-refractivity contribution is 5.92. The van der Waals surface area contributed by atoms with Gasteiger partial charge in [-0.25, -0.2) is 0 Å².